The number of hydrogen-bond acceptors (Lipinski definition) is 1. The minimum Gasteiger partial charge on any atom is -0.397 e. The molecular formula is C9H11ClN2. The highest BCUT2D eigenvalue weighted by molar-refractivity contribution is 5.92. The summed E-state index contributed by atoms with van der Waals surface area (Å²) in [5.74, 6) is 0. The lowest BCUT2D eigenvalue weighted by Crippen LogP contribution is -1.83. The number of H-pyrrole nitrogens is 1. The monoisotopic (exact) mass is 182 g/mol. The highest BCUT2D eigenvalue weighted by atomic mass is 35.5. The van der Waals surface area contributed by atoms with E-state index in [1.165, 1.54) is 0 Å². The maximum absolute atomic E-state index is 5.81. The van der Waals surface area contributed by atoms with Crippen molar-refractivity contribution in [2.75, 3.05) is 5.73 Å². The summed E-state index contributed by atoms with van der Waals surface area (Å²) < 4.78 is 0. The largest absolute Gasteiger partial charge is 0.397 e. The molecule has 0 aliphatic carbocycles. The van der Waals surface area contributed by atoms with Gasteiger partial charge in [0.25, 0.3) is 0 Å². The van der Waals surface area contributed by atoms with Crippen LogP contribution in [0.4, 0.5) is 5.69 Å². The normalized spacial score (nSPS) is 9.75. The summed E-state index contributed by atoms with van der Waals surface area (Å²) in [4.78, 5) is 3.20. The van der Waals surface area contributed by atoms with Crippen molar-refractivity contribution in [1.82, 2.24) is 4.98 Å². The molecule has 0 radical (unpaired) electrons. The Morgan fingerprint density at radius 1 is 1.25 bits per heavy atom. The molecule has 64 valence electrons. The predicted molar refractivity (Wildman–Crippen MR) is 54.7 cm³/mol. The number of halogens is 1. The molecule has 0 spiro atoms. The van der Waals surface area contributed by atoms with Crippen molar-refractivity contribution in [2.24, 2.45) is 0 Å². The van der Waals surface area contributed by atoms with E-state index in [1.54, 1.807) is 0 Å². The zero-order valence-electron chi connectivity index (χ0n) is 6.79. The minimum absolute atomic E-state index is 0. The van der Waals surface area contributed by atoms with Gasteiger partial charge in [-0.15, -0.1) is 12.4 Å². The minimum atomic E-state index is 0. The zero-order chi connectivity index (χ0) is 7.84. The number of fused-ring (bicyclic) bond motifs is 1. The van der Waals surface area contributed by atoms with Gasteiger partial charge in [-0.1, -0.05) is 18.2 Å². The van der Waals surface area contributed by atoms with E-state index in [9.17, 15) is 0 Å². The molecule has 12 heavy (non-hydrogen) atoms. The molecule has 3 heteroatoms. The number of hydrogen-bond donors (Lipinski definition) is 2. The molecule has 2 nitrogen and oxygen atoms in total. The predicted octanol–water partition coefficient (Wildman–Crippen LogP) is 2.48. The maximum Gasteiger partial charge on any atom is 0.0602 e. The van der Waals surface area contributed by atoms with E-state index in [0.29, 0.717) is 0 Å². The number of rotatable bonds is 0. The zero-order valence-corrected chi connectivity index (χ0v) is 7.61. The van der Waals surface area contributed by atoms with Crippen LogP contribution in [0, 0.1) is 6.92 Å². The summed E-state index contributed by atoms with van der Waals surface area (Å²) in [5.41, 5.74) is 8.83. The van der Waals surface area contributed by atoms with E-state index in [1.807, 2.05) is 31.2 Å². The third-order valence-corrected chi connectivity index (χ3v) is 1.94. The molecule has 2 rings (SSSR count). The van der Waals surface area contributed by atoms with Gasteiger partial charge in [0, 0.05) is 16.6 Å². The van der Waals surface area contributed by atoms with E-state index in [0.717, 1.165) is 22.3 Å². The molecule has 0 aliphatic heterocycles. The maximum atomic E-state index is 5.81. The average molecular weight is 183 g/mol. The fraction of sp³-hybridized carbons (Fsp3) is 0.111. The molecule has 1 aromatic carbocycles. The van der Waals surface area contributed by atoms with Gasteiger partial charge in [0.2, 0.25) is 0 Å². The average Bonchev–Trinajstić information content (AvgIpc) is 2.30. The van der Waals surface area contributed by atoms with Crippen molar-refractivity contribution in [3.05, 3.63) is 30.0 Å². The molecule has 0 aliphatic rings. The molecule has 2 aromatic rings. The quantitative estimate of drug-likeness (QED) is 0.646. The lowest BCUT2D eigenvalue weighted by Gasteiger charge is -1.88. The number of nitrogens with one attached hydrogen (secondary N) is 1. The van der Waals surface area contributed by atoms with E-state index in [2.05, 4.69) is 4.98 Å². The standard InChI is InChI=1S/C9H10N2.ClH/c1-6-9(10)7-4-2-3-5-8(7)11-6;/h2-5,11H,10H2,1H3;1H. The van der Waals surface area contributed by atoms with Crippen LogP contribution in [0.5, 0.6) is 0 Å². The van der Waals surface area contributed by atoms with Gasteiger partial charge in [-0.3, -0.25) is 0 Å². The van der Waals surface area contributed by atoms with Crippen molar-refractivity contribution in [1.29, 1.82) is 0 Å². The van der Waals surface area contributed by atoms with Crippen LogP contribution in [0.15, 0.2) is 24.3 Å². The van der Waals surface area contributed by atoms with E-state index in [-0.39, 0.29) is 12.4 Å². The fourth-order valence-electron chi connectivity index (χ4n) is 1.30. The molecule has 0 amide bonds. The first-order valence-corrected chi connectivity index (χ1v) is 3.62. The SMILES string of the molecule is Cc1[nH]c2ccccc2c1N.Cl. The van der Waals surface area contributed by atoms with Crippen LogP contribution in [-0.4, -0.2) is 4.98 Å². The van der Waals surface area contributed by atoms with Crippen molar-refractivity contribution < 1.29 is 0 Å². The number of anilines is 1. The molecule has 0 bridgehead atoms. The van der Waals surface area contributed by atoms with Gasteiger partial charge in [-0.05, 0) is 13.0 Å². The molecule has 0 fully saturated rings. The lowest BCUT2D eigenvalue weighted by molar-refractivity contribution is 1.30. The lowest BCUT2D eigenvalue weighted by atomic mass is 10.2. The van der Waals surface area contributed by atoms with Crippen LogP contribution in [0.2, 0.25) is 0 Å². The number of aromatic amines is 1. The number of benzene rings is 1. The summed E-state index contributed by atoms with van der Waals surface area (Å²) in [6.45, 7) is 1.98. The summed E-state index contributed by atoms with van der Waals surface area (Å²) in [6.07, 6.45) is 0. The Kier molecular flexibility index (Phi) is 2.29. The van der Waals surface area contributed by atoms with E-state index >= 15 is 0 Å². The molecule has 0 saturated carbocycles. The van der Waals surface area contributed by atoms with Crippen molar-refractivity contribution >= 4 is 29.0 Å². The van der Waals surface area contributed by atoms with Gasteiger partial charge in [-0.25, -0.2) is 0 Å². The highest BCUT2D eigenvalue weighted by Crippen LogP contribution is 2.22. The van der Waals surface area contributed by atoms with Gasteiger partial charge >= 0.3 is 0 Å². The number of aryl methyl sites for hydroxylation is 1. The van der Waals surface area contributed by atoms with Crippen LogP contribution in [0.3, 0.4) is 0 Å². The Balaban J connectivity index is 0.000000720. The Morgan fingerprint density at radius 2 is 1.92 bits per heavy atom. The second-order valence-corrected chi connectivity index (χ2v) is 2.71. The van der Waals surface area contributed by atoms with Crippen LogP contribution < -0.4 is 5.73 Å². The summed E-state index contributed by atoms with van der Waals surface area (Å²) in [6, 6.07) is 8.04. The smallest absolute Gasteiger partial charge is 0.0602 e. The Labute approximate surface area is 77.2 Å². The molecule has 3 N–H and O–H groups in total. The molecule has 0 atom stereocenters. The van der Waals surface area contributed by atoms with Gasteiger partial charge in [0.1, 0.15) is 0 Å². The third kappa shape index (κ3) is 1.14. The fourth-order valence-corrected chi connectivity index (χ4v) is 1.30. The number of nitrogen functional groups attached to an aromatic ring is 1. The van der Waals surface area contributed by atoms with E-state index < -0.39 is 0 Å². The van der Waals surface area contributed by atoms with Crippen LogP contribution in [0.1, 0.15) is 5.69 Å². The first-order valence-electron chi connectivity index (χ1n) is 3.62. The first-order chi connectivity index (χ1) is 5.29. The van der Waals surface area contributed by atoms with Crippen LogP contribution in [0.25, 0.3) is 10.9 Å². The summed E-state index contributed by atoms with van der Waals surface area (Å²) in [5, 5.41) is 1.12. The van der Waals surface area contributed by atoms with Crippen molar-refractivity contribution in [2.45, 2.75) is 6.92 Å². The Hall–Kier alpha value is -1.15. The highest BCUT2D eigenvalue weighted by Gasteiger charge is 2.01. The molecule has 0 unspecified atom stereocenters. The van der Waals surface area contributed by atoms with Crippen LogP contribution >= 0.6 is 12.4 Å². The third-order valence-electron chi connectivity index (χ3n) is 1.94. The van der Waals surface area contributed by atoms with Gasteiger partial charge in [0.15, 0.2) is 0 Å². The molecular weight excluding hydrogens is 172 g/mol. The topological polar surface area (TPSA) is 41.8 Å². The molecule has 1 heterocycles. The van der Waals surface area contributed by atoms with Gasteiger partial charge in [0.05, 0.1) is 5.69 Å². The van der Waals surface area contributed by atoms with Crippen LogP contribution in [-0.2, 0) is 0 Å². The Morgan fingerprint density at radius 3 is 2.58 bits per heavy atom. The molecule has 0 saturated heterocycles. The molecule has 1 aromatic heterocycles. The second-order valence-electron chi connectivity index (χ2n) is 2.71. The first kappa shape index (κ1) is 8.94. The van der Waals surface area contributed by atoms with Crippen molar-refractivity contribution in [3.63, 3.8) is 0 Å². The van der Waals surface area contributed by atoms with Gasteiger partial charge in [-0.2, -0.15) is 0 Å². The van der Waals surface area contributed by atoms with Gasteiger partial charge < -0.3 is 10.7 Å². The summed E-state index contributed by atoms with van der Waals surface area (Å²) in [7, 11) is 0. The number of aromatic nitrogens is 1. The Bertz CT molecular complexity index is 392. The van der Waals surface area contributed by atoms with E-state index in [4.69, 9.17) is 5.73 Å². The number of nitrogens with two attached hydrogens (primary N) is 1. The van der Waals surface area contributed by atoms with Crippen molar-refractivity contribution in [3.8, 4) is 0 Å². The summed E-state index contributed by atoms with van der Waals surface area (Å²) >= 11 is 0. The second kappa shape index (κ2) is 3.07. The number of para-hydroxylation sites is 1.